The van der Waals surface area contributed by atoms with Crippen LogP contribution >= 0.6 is 12.6 Å². The van der Waals surface area contributed by atoms with Gasteiger partial charge in [0.15, 0.2) is 0 Å². The number of carbonyl (C=O) groups is 6. The van der Waals surface area contributed by atoms with Gasteiger partial charge in [0.1, 0.15) is 18.7 Å². The van der Waals surface area contributed by atoms with Crippen molar-refractivity contribution >= 4 is 53.2 Å². The molecule has 0 aromatic heterocycles. The molecule has 1 aromatic carbocycles. The Hall–Kier alpha value is -3.67. The highest BCUT2D eigenvalue weighted by Gasteiger charge is 2.27. The van der Waals surface area contributed by atoms with Crippen LogP contribution in [0.1, 0.15) is 52.0 Å². The number of anilines is 1. The number of hydrogen-bond donors (Lipinski definition) is 4. The molecular formula is C26H34N4O7S. The minimum absolute atomic E-state index is 0.0592. The van der Waals surface area contributed by atoms with Crippen LogP contribution in [0, 0.1) is 5.92 Å². The molecule has 0 bridgehead atoms. The van der Waals surface area contributed by atoms with Crippen molar-refractivity contribution in [2.45, 2.75) is 65.1 Å². The third-order valence-corrected chi connectivity index (χ3v) is 5.92. The van der Waals surface area contributed by atoms with Gasteiger partial charge in [-0.25, -0.2) is 4.79 Å². The molecule has 0 radical (unpaired) electrons. The number of nitrogens with one attached hydrogen (secondary N) is 3. The Morgan fingerprint density at radius 3 is 2.11 bits per heavy atom. The van der Waals surface area contributed by atoms with Crippen LogP contribution in [0.5, 0.6) is 0 Å². The van der Waals surface area contributed by atoms with Crippen molar-refractivity contribution in [3.05, 3.63) is 42.0 Å². The van der Waals surface area contributed by atoms with Crippen molar-refractivity contribution in [2.75, 3.05) is 11.9 Å². The molecule has 1 aromatic rings. The van der Waals surface area contributed by atoms with Crippen LogP contribution in [0.2, 0.25) is 0 Å². The number of nitrogens with zero attached hydrogens (tertiary/aromatic N) is 1. The summed E-state index contributed by atoms with van der Waals surface area (Å²) in [5.41, 5.74) is 1.22. The largest absolute Gasteiger partial charge is 0.453 e. The first-order valence-electron chi connectivity index (χ1n) is 12.4. The lowest BCUT2D eigenvalue weighted by Gasteiger charge is -2.24. The summed E-state index contributed by atoms with van der Waals surface area (Å²) in [6, 6.07) is 4.96. The van der Waals surface area contributed by atoms with E-state index in [1.165, 1.54) is 12.2 Å². The number of unbranched alkanes of at least 4 members (excludes halogenated alkanes) is 2. The van der Waals surface area contributed by atoms with Crippen LogP contribution in [0.3, 0.4) is 0 Å². The molecule has 38 heavy (non-hydrogen) atoms. The molecule has 2 atom stereocenters. The number of rotatable bonds is 14. The molecule has 11 nitrogen and oxygen atoms in total. The maximum atomic E-state index is 12.8. The molecule has 0 unspecified atom stereocenters. The molecule has 1 heterocycles. The van der Waals surface area contributed by atoms with E-state index in [9.17, 15) is 28.8 Å². The topological polar surface area (TPSA) is 151 Å². The summed E-state index contributed by atoms with van der Waals surface area (Å²) in [7, 11) is 0. The van der Waals surface area contributed by atoms with Crippen molar-refractivity contribution in [1.82, 2.24) is 15.5 Å². The molecule has 0 fully saturated rings. The summed E-state index contributed by atoms with van der Waals surface area (Å²) < 4.78 is 4.79. The standard InChI is InChI=1S/C26H34N4O7S/c1-16(2)23(29-20(31)7-5-4-6-14-30-21(32)12-13-22(30)33)25(35)27-17(3)24(34)28-19-10-8-18(9-11-19)15-37-26(36)38/h8-13,16-17,23H,4-7,14-15H2,1-3H3,(H,27,35)(H,28,34)(H,29,31)(H,36,38)/t17-,23-/m1/s1. The van der Waals surface area contributed by atoms with E-state index in [1.807, 2.05) is 0 Å². The van der Waals surface area contributed by atoms with E-state index >= 15 is 0 Å². The lowest BCUT2D eigenvalue weighted by molar-refractivity contribution is -0.137. The Balaban J connectivity index is 1.75. The van der Waals surface area contributed by atoms with Gasteiger partial charge in [0.2, 0.25) is 17.7 Å². The zero-order chi connectivity index (χ0) is 28.2. The minimum atomic E-state index is -0.865. The second-order valence-electron chi connectivity index (χ2n) is 9.23. The van der Waals surface area contributed by atoms with Crippen LogP contribution in [0.15, 0.2) is 36.4 Å². The fourth-order valence-electron chi connectivity index (χ4n) is 3.61. The van der Waals surface area contributed by atoms with Crippen LogP contribution in [-0.4, -0.2) is 58.4 Å². The number of benzene rings is 1. The SMILES string of the molecule is CC(C)[C@@H](NC(=O)CCCCCN1C(=O)C=CC1=O)C(=O)N[C@H](C)C(=O)Nc1ccc(COC(=O)S)cc1. The minimum Gasteiger partial charge on any atom is -0.453 e. The second-order valence-corrected chi connectivity index (χ2v) is 9.60. The van der Waals surface area contributed by atoms with Gasteiger partial charge in [0.05, 0.1) is 0 Å². The number of hydrogen-bond acceptors (Lipinski definition) is 7. The highest BCUT2D eigenvalue weighted by molar-refractivity contribution is 7.96. The van der Waals surface area contributed by atoms with Crippen LogP contribution in [-0.2, 0) is 35.3 Å². The quantitative estimate of drug-likeness (QED) is 0.121. The Morgan fingerprint density at radius 1 is 0.895 bits per heavy atom. The van der Waals surface area contributed by atoms with Crippen LogP contribution < -0.4 is 16.0 Å². The lowest BCUT2D eigenvalue weighted by Crippen LogP contribution is -2.53. The Morgan fingerprint density at radius 2 is 1.53 bits per heavy atom. The van der Waals surface area contributed by atoms with E-state index in [0.29, 0.717) is 31.5 Å². The first-order valence-corrected chi connectivity index (χ1v) is 12.8. The van der Waals surface area contributed by atoms with Gasteiger partial charge in [-0.15, -0.1) is 0 Å². The molecule has 0 aliphatic carbocycles. The smallest absolute Gasteiger partial charge is 0.364 e. The third kappa shape index (κ3) is 10.0. The maximum Gasteiger partial charge on any atom is 0.364 e. The molecular weight excluding hydrogens is 512 g/mol. The van der Waals surface area contributed by atoms with Crippen molar-refractivity contribution in [3.63, 3.8) is 0 Å². The van der Waals surface area contributed by atoms with Gasteiger partial charge in [-0.2, -0.15) is 0 Å². The molecule has 12 heteroatoms. The Labute approximate surface area is 227 Å². The monoisotopic (exact) mass is 546 g/mol. The van der Waals surface area contributed by atoms with Gasteiger partial charge in [-0.1, -0.05) is 45.0 Å². The van der Waals surface area contributed by atoms with Gasteiger partial charge in [-0.3, -0.25) is 28.9 Å². The van der Waals surface area contributed by atoms with E-state index in [-0.39, 0.29) is 36.7 Å². The molecule has 5 amide bonds. The second kappa shape index (κ2) is 14.9. The number of thiol groups is 1. The Bertz CT molecular complexity index is 1050. The zero-order valence-corrected chi connectivity index (χ0v) is 22.6. The summed E-state index contributed by atoms with van der Waals surface area (Å²) >= 11 is 3.53. The number of ether oxygens (including phenoxy) is 1. The highest BCUT2D eigenvalue weighted by atomic mass is 32.1. The van der Waals surface area contributed by atoms with E-state index < -0.39 is 29.2 Å². The molecule has 2 rings (SSSR count). The fraction of sp³-hybridized carbons (Fsp3) is 0.462. The average molecular weight is 547 g/mol. The molecule has 0 saturated carbocycles. The van der Waals surface area contributed by atoms with Crippen molar-refractivity contribution in [3.8, 4) is 0 Å². The molecule has 1 aliphatic heterocycles. The molecule has 3 N–H and O–H groups in total. The van der Waals surface area contributed by atoms with Gasteiger partial charge in [0.25, 0.3) is 11.8 Å². The van der Waals surface area contributed by atoms with Gasteiger partial charge in [-0.05, 0) is 43.4 Å². The molecule has 0 spiro atoms. The van der Waals surface area contributed by atoms with E-state index in [4.69, 9.17) is 4.74 Å². The first kappa shape index (κ1) is 30.6. The summed E-state index contributed by atoms with van der Waals surface area (Å²) in [5, 5.41) is 7.38. The lowest BCUT2D eigenvalue weighted by atomic mass is 10.0. The molecule has 206 valence electrons. The normalized spacial score (nSPS) is 14.3. The predicted octanol–water partition coefficient (Wildman–Crippen LogP) is 2.32. The first-order chi connectivity index (χ1) is 18.0. The van der Waals surface area contributed by atoms with E-state index in [2.05, 4.69) is 28.6 Å². The van der Waals surface area contributed by atoms with Crippen molar-refractivity contribution in [2.24, 2.45) is 5.92 Å². The van der Waals surface area contributed by atoms with E-state index in [0.717, 1.165) is 10.5 Å². The summed E-state index contributed by atoms with van der Waals surface area (Å²) in [6.07, 6.45) is 4.43. The number of amides is 5. The molecule has 0 saturated heterocycles. The van der Waals surface area contributed by atoms with Crippen molar-refractivity contribution < 1.29 is 33.5 Å². The van der Waals surface area contributed by atoms with Gasteiger partial charge >= 0.3 is 5.30 Å². The molecule has 1 aliphatic rings. The van der Waals surface area contributed by atoms with Crippen LogP contribution in [0.25, 0.3) is 0 Å². The average Bonchev–Trinajstić information content (AvgIpc) is 3.18. The maximum absolute atomic E-state index is 12.8. The van der Waals surface area contributed by atoms with Crippen LogP contribution in [0.4, 0.5) is 10.5 Å². The summed E-state index contributed by atoms with van der Waals surface area (Å²) in [4.78, 5) is 72.8. The Kier molecular flexibility index (Phi) is 12.0. The predicted molar refractivity (Wildman–Crippen MR) is 143 cm³/mol. The fourth-order valence-corrected chi connectivity index (χ4v) is 3.68. The van der Waals surface area contributed by atoms with Gasteiger partial charge < -0.3 is 20.7 Å². The van der Waals surface area contributed by atoms with Gasteiger partial charge in [0, 0.05) is 30.8 Å². The number of carbonyl (C=O) groups excluding carboxylic acids is 6. The summed E-state index contributed by atoms with van der Waals surface area (Å²) in [6.45, 7) is 5.49. The summed E-state index contributed by atoms with van der Waals surface area (Å²) in [5.74, 6) is -2.07. The highest BCUT2D eigenvalue weighted by Crippen LogP contribution is 2.12. The van der Waals surface area contributed by atoms with Crippen molar-refractivity contribution in [1.29, 1.82) is 0 Å². The number of imide groups is 1. The van der Waals surface area contributed by atoms with E-state index in [1.54, 1.807) is 45.0 Å². The zero-order valence-electron chi connectivity index (χ0n) is 21.7. The third-order valence-electron chi connectivity index (χ3n) is 5.79.